The molecule has 4 amide bonds. The smallest absolute Gasteiger partial charge is 0.417 e. The van der Waals surface area contributed by atoms with E-state index in [4.69, 9.17) is 16.3 Å². The van der Waals surface area contributed by atoms with Crippen LogP contribution < -0.4 is 26.0 Å². The molecule has 0 aliphatic heterocycles. The Labute approximate surface area is 273 Å². The van der Waals surface area contributed by atoms with Gasteiger partial charge in [0.05, 0.1) is 10.6 Å². The molecule has 2 aromatic heterocycles. The molecule has 4 aromatic rings. The number of alkyl halides is 3. The molecule has 1 unspecified atom stereocenters. The summed E-state index contributed by atoms with van der Waals surface area (Å²) in [6.45, 7) is 2.17. The number of nitrogens with one attached hydrogen (secondary N) is 4. The lowest BCUT2D eigenvalue weighted by molar-refractivity contribution is -0.137. The maximum atomic E-state index is 13.1. The van der Waals surface area contributed by atoms with Gasteiger partial charge in [-0.25, -0.2) is 4.79 Å². The van der Waals surface area contributed by atoms with E-state index in [0.29, 0.717) is 23.6 Å². The van der Waals surface area contributed by atoms with Crippen molar-refractivity contribution in [1.29, 1.82) is 0 Å². The normalized spacial score (nSPS) is 11.9. The molecule has 2 heterocycles. The molecule has 0 radical (unpaired) electrons. The summed E-state index contributed by atoms with van der Waals surface area (Å²) in [6, 6.07) is 14.8. The molecule has 0 saturated heterocycles. The van der Waals surface area contributed by atoms with Crippen molar-refractivity contribution in [2.45, 2.75) is 32.0 Å². The molecule has 0 spiro atoms. The Kier molecular flexibility index (Phi) is 11.9. The SMILES string of the molecule is CCCC(CNC(=O)c1cc(Oc2ccc(NC(=O)Nc3ccc(Cl)c(C(F)(F)F)c3)cc2)ccn1)NC(=O)C=Cc1cccnc1. The van der Waals surface area contributed by atoms with E-state index >= 15 is 0 Å². The number of hydrogen-bond acceptors (Lipinski definition) is 6. The van der Waals surface area contributed by atoms with E-state index in [2.05, 4.69) is 31.2 Å². The van der Waals surface area contributed by atoms with Crippen LogP contribution in [0.15, 0.2) is 91.4 Å². The Morgan fingerprint density at radius 3 is 2.40 bits per heavy atom. The lowest BCUT2D eigenvalue weighted by Gasteiger charge is -2.18. The topological polar surface area (TPSA) is 134 Å². The second kappa shape index (κ2) is 16.2. The van der Waals surface area contributed by atoms with Crippen molar-refractivity contribution in [3.63, 3.8) is 0 Å². The maximum Gasteiger partial charge on any atom is 0.417 e. The van der Waals surface area contributed by atoms with E-state index in [1.165, 1.54) is 36.5 Å². The van der Waals surface area contributed by atoms with Gasteiger partial charge in [0.1, 0.15) is 17.2 Å². The molecule has 1 atom stereocenters. The first-order valence-corrected chi connectivity index (χ1v) is 14.7. The minimum Gasteiger partial charge on any atom is -0.457 e. The highest BCUT2D eigenvalue weighted by Crippen LogP contribution is 2.36. The number of rotatable bonds is 12. The van der Waals surface area contributed by atoms with Crippen LogP contribution in [0.3, 0.4) is 0 Å². The van der Waals surface area contributed by atoms with Gasteiger partial charge in [-0.1, -0.05) is 31.0 Å². The molecule has 0 saturated carbocycles. The van der Waals surface area contributed by atoms with Crippen molar-refractivity contribution in [1.82, 2.24) is 20.6 Å². The number of pyridine rings is 2. The summed E-state index contributed by atoms with van der Waals surface area (Å²) in [6.07, 6.45) is 4.54. The van der Waals surface area contributed by atoms with Crippen LogP contribution in [0.1, 0.15) is 41.4 Å². The summed E-state index contributed by atoms with van der Waals surface area (Å²) >= 11 is 5.62. The van der Waals surface area contributed by atoms with Crippen molar-refractivity contribution in [3.05, 3.63) is 113 Å². The molecule has 0 bridgehead atoms. The predicted octanol–water partition coefficient (Wildman–Crippen LogP) is 7.31. The van der Waals surface area contributed by atoms with E-state index in [1.807, 2.05) is 13.0 Å². The summed E-state index contributed by atoms with van der Waals surface area (Å²) in [7, 11) is 0. The summed E-state index contributed by atoms with van der Waals surface area (Å²) in [5, 5.41) is 10.1. The van der Waals surface area contributed by atoms with Crippen molar-refractivity contribution in [2.75, 3.05) is 17.2 Å². The fourth-order valence-corrected chi connectivity index (χ4v) is 4.46. The minimum atomic E-state index is -4.67. The second-order valence-corrected chi connectivity index (χ2v) is 10.5. The summed E-state index contributed by atoms with van der Waals surface area (Å²) < 4.78 is 45.1. The third-order valence-corrected chi connectivity index (χ3v) is 6.78. The third-order valence-electron chi connectivity index (χ3n) is 6.45. The number of ether oxygens (including phenoxy) is 1. The summed E-state index contributed by atoms with van der Waals surface area (Å²) in [5.41, 5.74) is 0.0826. The second-order valence-electron chi connectivity index (χ2n) is 10.1. The van der Waals surface area contributed by atoms with Gasteiger partial charge in [-0.3, -0.25) is 19.6 Å². The molecule has 4 N–H and O–H groups in total. The lowest BCUT2D eigenvalue weighted by atomic mass is 10.1. The first-order valence-electron chi connectivity index (χ1n) is 14.4. The van der Waals surface area contributed by atoms with Gasteiger partial charge < -0.3 is 26.0 Å². The van der Waals surface area contributed by atoms with Crippen LogP contribution in [0.4, 0.5) is 29.3 Å². The van der Waals surface area contributed by atoms with Crippen molar-refractivity contribution >= 4 is 46.9 Å². The fourth-order valence-electron chi connectivity index (χ4n) is 4.23. The molecule has 244 valence electrons. The van der Waals surface area contributed by atoms with E-state index in [1.54, 1.807) is 42.7 Å². The van der Waals surface area contributed by atoms with Crippen molar-refractivity contribution < 1.29 is 32.3 Å². The molecular weight excluding hydrogens is 637 g/mol. The van der Waals surface area contributed by atoms with Crippen LogP contribution in [0.5, 0.6) is 11.5 Å². The quantitative estimate of drug-likeness (QED) is 0.117. The van der Waals surface area contributed by atoms with Crippen LogP contribution in [0, 0.1) is 0 Å². The molecule has 47 heavy (non-hydrogen) atoms. The molecule has 14 heteroatoms. The van der Waals surface area contributed by atoms with Gasteiger partial charge in [0, 0.05) is 54.7 Å². The van der Waals surface area contributed by atoms with Gasteiger partial charge >= 0.3 is 12.2 Å². The Morgan fingerprint density at radius 2 is 1.70 bits per heavy atom. The Balaban J connectivity index is 1.28. The lowest BCUT2D eigenvalue weighted by Crippen LogP contribution is -2.43. The van der Waals surface area contributed by atoms with E-state index < -0.39 is 28.7 Å². The van der Waals surface area contributed by atoms with Crippen LogP contribution in [-0.2, 0) is 11.0 Å². The van der Waals surface area contributed by atoms with Gasteiger partial charge in [0.25, 0.3) is 5.91 Å². The van der Waals surface area contributed by atoms with Gasteiger partial charge in [-0.2, -0.15) is 13.2 Å². The van der Waals surface area contributed by atoms with Crippen LogP contribution >= 0.6 is 11.6 Å². The van der Waals surface area contributed by atoms with E-state index in [9.17, 15) is 27.6 Å². The number of carbonyl (C=O) groups excluding carboxylic acids is 3. The Bertz CT molecular complexity index is 1720. The van der Waals surface area contributed by atoms with E-state index in [0.717, 1.165) is 24.1 Å². The standard InChI is InChI=1S/C33H30ClF3N6O4/c1-2-4-24(41-30(44)13-6-21-5-3-15-38-19-21)20-40-31(45)29-18-26(14-16-39-29)47-25-10-7-22(8-11-25)42-32(46)43-23-9-12-28(34)27(17-23)33(35,36)37/h3,5-19,24H,2,4,20H2,1H3,(H,40,45)(H,41,44)(H2,42,43,46). The Hall–Kier alpha value is -5.43. The predicted molar refractivity (Wildman–Crippen MR) is 172 cm³/mol. The summed E-state index contributed by atoms with van der Waals surface area (Å²) in [4.78, 5) is 45.7. The monoisotopic (exact) mass is 666 g/mol. The number of benzene rings is 2. The zero-order valence-corrected chi connectivity index (χ0v) is 25.7. The number of hydrogen-bond donors (Lipinski definition) is 4. The highest BCUT2D eigenvalue weighted by atomic mass is 35.5. The maximum absolute atomic E-state index is 13.1. The summed E-state index contributed by atoms with van der Waals surface area (Å²) in [5.74, 6) is -0.0415. The number of halogens is 4. The number of urea groups is 1. The van der Waals surface area contributed by atoms with Gasteiger partial charge in [0.2, 0.25) is 5.91 Å². The Morgan fingerprint density at radius 1 is 0.957 bits per heavy atom. The zero-order chi connectivity index (χ0) is 33.8. The third kappa shape index (κ3) is 10.9. The average molecular weight is 667 g/mol. The van der Waals surface area contributed by atoms with Crippen molar-refractivity contribution in [2.24, 2.45) is 0 Å². The molecule has 4 rings (SSSR count). The number of aromatic nitrogens is 2. The number of nitrogens with zero attached hydrogens (tertiary/aromatic N) is 2. The highest BCUT2D eigenvalue weighted by Gasteiger charge is 2.33. The van der Waals surface area contributed by atoms with Gasteiger partial charge in [-0.15, -0.1) is 0 Å². The zero-order valence-electron chi connectivity index (χ0n) is 25.0. The highest BCUT2D eigenvalue weighted by molar-refractivity contribution is 6.31. The first-order chi connectivity index (χ1) is 22.5. The first kappa shape index (κ1) is 34.4. The molecule has 0 fully saturated rings. The van der Waals surface area contributed by atoms with E-state index in [-0.39, 0.29) is 29.9 Å². The largest absolute Gasteiger partial charge is 0.457 e. The number of anilines is 2. The number of carbonyl (C=O) groups is 3. The molecular formula is C33H30ClF3N6O4. The molecule has 0 aliphatic carbocycles. The molecule has 0 aliphatic rings. The van der Waals surface area contributed by atoms with Crippen LogP contribution in [0.25, 0.3) is 6.08 Å². The minimum absolute atomic E-state index is 0.0868. The van der Waals surface area contributed by atoms with Crippen LogP contribution in [0.2, 0.25) is 5.02 Å². The van der Waals surface area contributed by atoms with Gasteiger partial charge in [0.15, 0.2) is 0 Å². The number of amides is 4. The van der Waals surface area contributed by atoms with Gasteiger partial charge in [-0.05, 0) is 72.7 Å². The molecule has 2 aromatic carbocycles. The van der Waals surface area contributed by atoms with Crippen LogP contribution in [-0.4, -0.2) is 40.4 Å². The van der Waals surface area contributed by atoms with Crippen molar-refractivity contribution in [3.8, 4) is 11.5 Å². The average Bonchev–Trinajstić information content (AvgIpc) is 3.04. The molecule has 10 nitrogen and oxygen atoms in total. The fraction of sp³-hybridized carbons (Fsp3) is 0.182.